The smallest absolute Gasteiger partial charge is 0.266 e. The van der Waals surface area contributed by atoms with Gasteiger partial charge in [0.2, 0.25) is 17.5 Å². The average Bonchev–Trinajstić information content (AvgIpc) is 3.52. The summed E-state index contributed by atoms with van der Waals surface area (Å²) in [4.78, 5) is 19.0. The molecule has 0 bridgehead atoms. The lowest BCUT2D eigenvalue weighted by atomic mass is 9.95. The number of fused-ring (bicyclic) bond motifs is 1. The van der Waals surface area contributed by atoms with E-state index in [1.807, 2.05) is 23.1 Å². The summed E-state index contributed by atoms with van der Waals surface area (Å²) in [5, 5.41) is 12.5. The second-order valence-electron chi connectivity index (χ2n) is 7.68. The molecule has 0 atom stereocenters. The maximum absolute atomic E-state index is 12.8. The van der Waals surface area contributed by atoms with Gasteiger partial charge in [0.05, 0.1) is 6.26 Å². The van der Waals surface area contributed by atoms with Crippen LogP contribution < -0.4 is 19.7 Å². The van der Waals surface area contributed by atoms with Crippen molar-refractivity contribution >= 4 is 11.8 Å². The summed E-state index contributed by atoms with van der Waals surface area (Å²) >= 11 is 0. The van der Waals surface area contributed by atoms with E-state index in [-0.39, 0.29) is 23.4 Å². The zero-order valence-electron chi connectivity index (χ0n) is 17.4. The van der Waals surface area contributed by atoms with Crippen LogP contribution in [-0.4, -0.2) is 37.2 Å². The third-order valence-electron chi connectivity index (χ3n) is 5.70. The zero-order chi connectivity index (χ0) is 21.9. The van der Waals surface area contributed by atoms with E-state index in [4.69, 9.17) is 18.3 Å². The molecule has 2 aromatic heterocycles. The number of amides is 1. The molecular formula is C23H22N4O5. The molecule has 0 saturated carbocycles. The van der Waals surface area contributed by atoms with Gasteiger partial charge in [0.25, 0.3) is 5.89 Å². The normalized spacial score (nSPS) is 15.9. The summed E-state index contributed by atoms with van der Waals surface area (Å²) < 4.78 is 22.4. The molecule has 5 rings (SSSR count). The first kappa shape index (κ1) is 20.0. The van der Waals surface area contributed by atoms with Crippen molar-refractivity contribution in [3.63, 3.8) is 0 Å². The molecular weight excluding hydrogens is 412 g/mol. The predicted molar refractivity (Wildman–Crippen MR) is 113 cm³/mol. The van der Waals surface area contributed by atoms with E-state index in [0.717, 1.165) is 5.56 Å². The lowest BCUT2D eigenvalue weighted by molar-refractivity contribution is -0.125. The molecule has 0 spiro atoms. The molecule has 0 aliphatic carbocycles. The molecule has 9 nitrogen and oxygen atoms in total. The Kier molecular flexibility index (Phi) is 5.42. The lowest BCUT2D eigenvalue weighted by Gasteiger charge is -2.31. The number of ether oxygens (including phenoxy) is 2. The highest BCUT2D eigenvalue weighted by Gasteiger charge is 2.29. The number of piperidine rings is 1. The van der Waals surface area contributed by atoms with Gasteiger partial charge in [-0.2, -0.15) is 10.2 Å². The molecule has 1 fully saturated rings. The number of anilines is 1. The molecule has 2 aliphatic heterocycles. The van der Waals surface area contributed by atoms with E-state index in [0.29, 0.717) is 68.8 Å². The molecule has 1 aromatic carbocycles. The number of nitrogens with one attached hydrogen (secondary N) is 1. The summed E-state index contributed by atoms with van der Waals surface area (Å²) in [5.41, 5.74) is 1.12. The van der Waals surface area contributed by atoms with E-state index in [1.54, 1.807) is 12.1 Å². The number of aromatic nitrogens is 1. The summed E-state index contributed by atoms with van der Waals surface area (Å²) in [5.74, 6) is 2.49. The van der Waals surface area contributed by atoms with E-state index in [1.165, 1.54) is 6.26 Å². The number of rotatable bonds is 5. The lowest BCUT2D eigenvalue weighted by Crippen LogP contribution is -2.40. The van der Waals surface area contributed by atoms with Crippen molar-refractivity contribution in [2.24, 2.45) is 5.92 Å². The topological polar surface area (TPSA) is 114 Å². The van der Waals surface area contributed by atoms with Crippen molar-refractivity contribution in [1.29, 1.82) is 5.26 Å². The molecule has 164 valence electrons. The Morgan fingerprint density at radius 1 is 1.19 bits per heavy atom. The minimum atomic E-state index is -0.110. The van der Waals surface area contributed by atoms with Crippen molar-refractivity contribution in [2.75, 3.05) is 31.2 Å². The van der Waals surface area contributed by atoms with Crippen LogP contribution in [-0.2, 0) is 11.3 Å². The summed E-state index contributed by atoms with van der Waals surface area (Å²) in [6, 6.07) is 11.2. The fourth-order valence-electron chi connectivity index (χ4n) is 4.05. The Hall–Kier alpha value is -3.93. The highest BCUT2D eigenvalue weighted by atomic mass is 16.6. The van der Waals surface area contributed by atoms with Gasteiger partial charge in [-0.3, -0.25) is 4.79 Å². The van der Waals surface area contributed by atoms with Gasteiger partial charge in [-0.1, -0.05) is 12.1 Å². The van der Waals surface area contributed by atoms with Gasteiger partial charge < -0.3 is 28.5 Å². The van der Waals surface area contributed by atoms with Gasteiger partial charge in [-0.15, -0.1) is 0 Å². The predicted octanol–water partition coefficient (Wildman–Crippen LogP) is 3.11. The van der Waals surface area contributed by atoms with Gasteiger partial charge in [0, 0.05) is 31.1 Å². The highest BCUT2D eigenvalue weighted by Crippen LogP contribution is 2.34. The fourth-order valence-corrected chi connectivity index (χ4v) is 4.05. The van der Waals surface area contributed by atoms with E-state index in [2.05, 4.69) is 16.4 Å². The molecule has 0 unspecified atom stereocenters. The minimum absolute atomic E-state index is 0.00771. The largest absolute Gasteiger partial charge is 0.486 e. The van der Waals surface area contributed by atoms with Crippen molar-refractivity contribution in [3.8, 4) is 29.2 Å². The summed E-state index contributed by atoms with van der Waals surface area (Å²) in [6.45, 7) is 2.61. The van der Waals surface area contributed by atoms with E-state index in [9.17, 15) is 10.1 Å². The molecule has 4 heterocycles. The number of nitriles is 1. The number of hydrogen-bond donors (Lipinski definition) is 1. The van der Waals surface area contributed by atoms with Crippen LogP contribution in [0.1, 0.15) is 24.1 Å². The van der Waals surface area contributed by atoms with Gasteiger partial charge in [0.15, 0.2) is 17.3 Å². The second-order valence-corrected chi connectivity index (χ2v) is 7.68. The van der Waals surface area contributed by atoms with Crippen LogP contribution in [0.4, 0.5) is 5.88 Å². The maximum atomic E-state index is 12.8. The fraction of sp³-hybridized carbons (Fsp3) is 0.348. The maximum Gasteiger partial charge on any atom is 0.266 e. The Balaban J connectivity index is 1.19. The SMILES string of the molecule is N#Cc1nc(-c2ccco2)oc1N1CCC(C(=O)NCc2cccc3c2OCCO3)CC1. The number of carbonyl (C=O) groups excluding carboxylic acids is 1. The second kappa shape index (κ2) is 8.67. The first-order valence-electron chi connectivity index (χ1n) is 10.6. The number of para-hydroxylation sites is 1. The van der Waals surface area contributed by atoms with Crippen LogP contribution in [0.2, 0.25) is 0 Å². The first-order chi connectivity index (χ1) is 15.7. The number of nitrogens with zero attached hydrogens (tertiary/aromatic N) is 3. The summed E-state index contributed by atoms with van der Waals surface area (Å²) in [6.07, 6.45) is 2.83. The van der Waals surface area contributed by atoms with Crippen LogP contribution >= 0.6 is 0 Å². The van der Waals surface area contributed by atoms with E-state index < -0.39 is 0 Å². The molecule has 1 amide bonds. The molecule has 1 saturated heterocycles. The average molecular weight is 434 g/mol. The Morgan fingerprint density at radius 2 is 2.03 bits per heavy atom. The van der Waals surface area contributed by atoms with Crippen molar-refractivity contribution in [2.45, 2.75) is 19.4 Å². The number of hydrogen-bond acceptors (Lipinski definition) is 8. The Labute approximate surface area is 184 Å². The van der Waals surface area contributed by atoms with Crippen molar-refractivity contribution in [3.05, 3.63) is 47.9 Å². The molecule has 3 aromatic rings. The monoisotopic (exact) mass is 434 g/mol. The Morgan fingerprint density at radius 3 is 2.81 bits per heavy atom. The molecule has 0 radical (unpaired) electrons. The van der Waals surface area contributed by atoms with Crippen LogP contribution in [0, 0.1) is 17.2 Å². The van der Waals surface area contributed by atoms with Gasteiger partial charge in [0.1, 0.15) is 19.3 Å². The number of furan rings is 1. The van der Waals surface area contributed by atoms with Crippen LogP contribution in [0.5, 0.6) is 11.5 Å². The van der Waals surface area contributed by atoms with Crippen LogP contribution in [0.3, 0.4) is 0 Å². The first-order valence-corrected chi connectivity index (χ1v) is 10.6. The zero-order valence-corrected chi connectivity index (χ0v) is 17.4. The standard InChI is InChI=1S/C23H22N4O5/c24-13-17-23(32-22(26-17)19-5-2-10-29-19)27-8-6-15(7-9-27)21(28)25-14-16-3-1-4-18-20(16)31-12-11-30-18/h1-5,10,15H,6-9,11-12,14H2,(H,25,28). The number of oxazole rings is 1. The van der Waals surface area contributed by atoms with Crippen LogP contribution in [0.25, 0.3) is 11.7 Å². The number of carbonyl (C=O) groups is 1. The van der Waals surface area contributed by atoms with Gasteiger partial charge in [-0.05, 0) is 31.0 Å². The van der Waals surface area contributed by atoms with Gasteiger partial charge >= 0.3 is 0 Å². The van der Waals surface area contributed by atoms with Crippen molar-refractivity contribution in [1.82, 2.24) is 10.3 Å². The molecule has 32 heavy (non-hydrogen) atoms. The molecule has 2 aliphatic rings. The minimum Gasteiger partial charge on any atom is -0.486 e. The summed E-state index contributed by atoms with van der Waals surface area (Å²) in [7, 11) is 0. The molecule has 1 N–H and O–H groups in total. The van der Waals surface area contributed by atoms with Gasteiger partial charge in [-0.25, -0.2) is 0 Å². The molecule has 9 heteroatoms. The quantitative estimate of drug-likeness (QED) is 0.652. The van der Waals surface area contributed by atoms with Crippen molar-refractivity contribution < 1.29 is 23.1 Å². The van der Waals surface area contributed by atoms with E-state index >= 15 is 0 Å². The third-order valence-corrected chi connectivity index (χ3v) is 5.70. The number of benzene rings is 1. The third kappa shape index (κ3) is 3.87. The van der Waals surface area contributed by atoms with Crippen LogP contribution in [0.15, 0.2) is 45.4 Å². The highest BCUT2D eigenvalue weighted by molar-refractivity contribution is 5.79. The Bertz CT molecular complexity index is 1140.